The van der Waals surface area contributed by atoms with Crippen LogP contribution in [-0.4, -0.2) is 5.60 Å². The highest BCUT2D eigenvalue weighted by Crippen LogP contribution is 2.59. The molecule has 2 aromatic carbocycles. The lowest BCUT2D eigenvalue weighted by atomic mass is 9.76. The molecule has 0 N–H and O–H groups in total. The van der Waals surface area contributed by atoms with Crippen LogP contribution < -0.4 is 4.74 Å². The molecule has 0 fully saturated rings. The number of ether oxygens (including phenoxy) is 2. The van der Waals surface area contributed by atoms with Crippen LogP contribution in [0.3, 0.4) is 0 Å². The van der Waals surface area contributed by atoms with Crippen LogP contribution in [0.5, 0.6) is 11.5 Å². The van der Waals surface area contributed by atoms with Gasteiger partial charge in [-0.3, -0.25) is 0 Å². The van der Waals surface area contributed by atoms with Crippen molar-refractivity contribution in [2.24, 2.45) is 0 Å². The van der Waals surface area contributed by atoms with Gasteiger partial charge in [0.2, 0.25) is 0 Å². The molecule has 2 aromatic rings. The van der Waals surface area contributed by atoms with E-state index in [9.17, 15) is 0 Å². The zero-order chi connectivity index (χ0) is 16.2. The predicted octanol–water partition coefficient (Wildman–Crippen LogP) is 5.57. The first-order valence-electron chi connectivity index (χ1n) is 8.28. The Morgan fingerprint density at radius 2 is 1.39 bits per heavy atom. The molecule has 118 valence electrons. The minimum Gasteiger partial charge on any atom is -0.457 e. The highest BCUT2D eigenvalue weighted by molar-refractivity contribution is 5.63. The third-order valence-corrected chi connectivity index (χ3v) is 5.30. The number of fused-ring (bicyclic) bond motifs is 4. The average molecular weight is 306 g/mol. The van der Waals surface area contributed by atoms with Crippen molar-refractivity contribution < 1.29 is 9.47 Å². The van der Waals surface area contributed by atoms with Crippen molar-refractivity contribution in [1.82, 2.24) is 0 Å². The van der Waals surface area contributed by atoms with Crippen molar-refractivity contribution >= 4 is 0 Å². The van der Waals surface area contributed by atoms with Gasteiger partial charge in [0.15, 0.2) is 0 Å². The number of rotatable bonds is 1. The summed E-state index contributed by atoms with van der Waals surface area (Å²) in [6, 6.07) is 16.5. The highest BCUT2D eigenvalue weighted by Gasteiger charge is 2.54. The molecular weight excluding hydrogens is 284 g/mol. The summed E-state index contributed by atoms with van der Waals surface area (Å²) in [5.41, 5.74) is 4.08. The van der Waals surface area contributed by atoms with Crippen molar-refractivity contribution in [3.05, 3.63) is 70.8 Å². The Kier molecular flexibility index (Phi) is 2.98. The maximum atomic E-state index is 6.79. The molecule has 2 aliphatic heterocycles. The Morgan fingerprint density at radius 1 is 0.870 bits per heavy atom. The smallest absolute Gasteiger partial charge is 0.148 e. The topological polar surface area (TPSA) is 18.5 Å². The molecule has 0 atom stereocenters. The maximum absolute atomic E-state index is 6.79. The third kappa shape index (κ3) is 1.79. The maximum Gasteiger partial charge on any atom is 0.148 e. The molecule has 0 aromatic heterocycles. The Bertz CT molecular complexity index is 769. The van der Waals surface area contributed by atoms with Crippen molar-refractivity contribution in [2.45, 2.75) is 45.3 Å². The molecule has 2 nitrogen and oxygen atoms in total. The van der Waals surface area contributed by atoms with Crippen LogP contribution in [0.25, 0.3) is 0 Å². The summed E-state index contributed by atoms with van der Waals surface area (Å²) in [6.07, 6.45) is 0.956. The Balaban J connectivity index is 2.10. The molecule has 23 heavy (non-hydrogen) atoms. The molecule has 0 bridgehead atoms. The van der Waals surface area contributed by atoms with E-state index in [4.69, 9.17) is 9.47 Å². The zero-order valence-corrected chi connectivity index (χ0v) is 14.1. The first-order chi connectivity index (χ1) is 11.0. The van der Waals surface area contributed by atoms with Crippen molar-refractivity contribution in [1.29, 1.82) is 0 Å². The minimum atomic E-state index is -0.534. The Hall–Kier alpha value is -2.06. The van der Waals surface area contributed by atoms with Crippen molar-refractivity contribution in [3.63, 3.8) is 0 Å². The largest absolute Gasteiger partial charge is 0.457 e. The second-order valence-electron chi connectivity index (χ2n) is 6.85. The summed E-state index contributed by atoms with van der Waals surface area (Å²) in [5.74, 6) is 1.78. The average Bonchev–Trinajstić information content (AvgIpc) is 2.75. The normalized spacial score (nSPS) is 20.2. The van der Waals surface area contributed by atoms with Crippen LogP contribution in [-0.2, 0) is 10.3 Å². The molecular formula is C21H22O2. The van der Waals surface area contributed by atoms with E-state index in [1.54, 1.807) is 0 Å². The van der Waals surface area contributed by atoms with E-state index in [1.807, 2.05) is 24.3 Å². The van der Waals surface area contributed by atoms with Crippen LogP contribution >= 0.6 is 0 Å². The summed E-state index contributed by atoms with van der Waals surface area (Å²) < 4.78 is 12.9. The molecule has 0 radical (unpaired) electrons. The Morgan fingerprint density at radius 3 is 1.91 bits per heavy atom. The van der Waals surface area contributed by atoms with Gasteiger partial charge in [-0.05, 0) is 50.5 Å². The van der Waals surface area contributed by atoms with Gasteiger partial charge in [0.25, 0.3) is 0 Å². The standard InChI is InChI=1S/C21H22O2/c1-5-15-14(2)20(3,4)23-21(15)16-10-6-8-12-18(16)22-19-13-9-7-11-17(19)21/h6-13H,5H2,1-4H3. The van der Waals surface area contributed by atoms with Gasteiger partial charge >= 0.3 is 0 Å². The molecule has 2 heteroatoms. The number of para-hydroxylation sites is 2. The van der Waals surface area contributed by atoms with Crippen LogP contribution in [0.4, 0.5) is 0 Å². The number of hydrogen-bond donors (Lipinski definition) is 0. The van der Waals surface area contributed by atoms with Crippen LogP contribution in [0, 0.1) is 0 Å². The van der Waals surface area contributed by atoms with E-state index >= 15 is 0 Å². The van der Waals surface area contributed by atoms with E-state index in [-0.39, 0.29) is 5.60 Å². The van der Waals surface area contributed by atoms with Crippen molar-refractivity contribution in [3.8, 4) is 11.5 Å². The van der Waals surface area contributed by atoms with E-state index in [2.05, 4.69) is 52.0 Å². The van der Waals surface area contributed by atoms with Crippen LogP contribution in [0.15, 0.2) is 59.7 Å². The van der Waals surface area contributed by atoms with Gasteiger partial charge in [-0.25, -0.2) is 0 Å². The van der Waals surface area contributed by atoms with Gasteiger partial charge in [-0.1, -0.05) is 43.3 Å². The lowest BCUT2D eigenvalue weighted by molar-refractivity contribution is -0.0629. The molecule has 2 heterocycles. The quantitative estimate of drug-likeness (QED) is 0.641. The molecule has 4 rings (SSSR count). The fraction of sp³-hybridized carbons (Fsp3) is 0.333. The van der Waals surface area contributed by atoms with E-state index in [1.165, 1.54) is 11.1 Å². The molecule has 0 saturated heterocycles. The van der Waals surface area contributed by atoms with Gasteiger partial charge in [0.1, 0.15) is 17.1 Å². The molecule has 0 aliphatic carbocycles. The number of hydrogen-bond acceptors (Lipinski definition) is 2. The lowest BCUT2D eigenvalue weighted by Crippen LogP contribution is -2.37. The Labute approximate surface area is 137 Å². The molecule has 2 aliphatic rings. The second kappa shape index (κ2) is 4.72. The van der Waals surface area contributed by atoms with Gasteiger partial charge in [0, 0.05) is 11.1 Å². The van der Waals surface area contributed by atoms with Gasteiger partial charge < -0.3 is 9.47 Å². The predicted molar refractivity (Wildman–Crippen MR) is 91.9 cm³/mol. The second-order valence-corrected chi connectivity index (χ2v) is 6.85. The van der Waals surface area contributed by atoms with Crippen molar-refractivity contribution in [2.75, 3.05) is 0 Å². The molecule has 0 unspecified atom stereocenters. The van der Waals surface area contributed by atoms with E-state index < -0.39 is 5.60 Å². The molecule has 0 saturated carbocycles. The molecule has 1 spiro atoms. The summed E-state index contributed by atoms with van der Waals surface area (Å²) in [4.78, 5) is 0. The zero-order valence-electron chi connectivity index (χ0n) is 14.1. The summed E-state index contributed by atoms with van der Waals surface area (Å²) in [7, 11) is 0. The fourth-order valence-electron chi connectivity index (χ4n) is 4.05. The monoisotopic (exact) mass is 306 g/mol. The fourth-order valence-corrected chi connectivity index (χ4v) is 4.05. The highest BCUT2D eigenvalue weighted by atomic mass is 16.5. The first-order valence-corrected chi connectivity index (χ1v) is 8.28. The van der Waals surface area contributed by atoms with Gasteiger partial charge in [-0.2, -0.15) is 0 Å². The SMILES string of the molecule is CCC1=C(C)C(C)(C)OC12c1ccccc1Oc1ccccc12. The van der Waals surface area contributed by atoms with E-state index in [0.29, 0.717) is 0 Å². The number of benzene rings is 2. The summed E-state index contributed by atoms with van der Waals surface area (Å²) in [5, 5.41) is 0. The summed E-state index contributed by atoms with van der Waals surface area (Å²) in [6.45, 7) is 8.74. The van der Waals surface area contributed by atoms with E-state index in [0.717, 1.165) is 29.0 Å². The van der Waals surface area contributed by atoms with Crippen LogP contribution in [0.1, 0.15) is 45.2 Å². The van der Waals surface area contributed by atoms with Gasteiger partial charge in [-0.15, -0.1) is 0 Å². The molecule has 0 amide bonds. The lowest BCUT2D eigenvalue weighted by Gasteiger charge is -2.40. The van der Waals surface area contributed by atoms with Crippen LogP contribution in [0.2, 0.25) is 0 Å². The minimum absolute atomic E-state index is 0.289. The van der Waals surface area contributed by atoms with Gasteiger partial charge in [0.05, 0.1) is 5.60 Å². The summed E-state index contributed by atoms with van der Waals surface area (Å²) >= 11 is 0. The first kappa shape index (κ1) is 14.5. The third-order valence-electron chi connectivity index (χ3n) is 5.30.